The van der Waals surface area contributed by atoms with E-state index in [2.05, 4.69) is 17.1 Å². The average Bonchev–Trinajstić information content (AvgIpc) is 3.04. The molecular formula is C15H18N4O2. The predicted molar refractivity (Wildman–Crippen MR) is 79.3 cm³/mol. The van der Waals surface area contributed by atoms with Gasteiger partial charge in [-0.3, -0.25) is 9.13 Å². The van der Waals surface area contributed by atoms with Gasteiger partial charge in [-0.15, -0.1) is 0 Å². The summed E-state index contributed by atoms with van der Waals surface area (Å²) in [4.78, 5) is 16.8. The normalized spacial score (nSPS) is 11.3. The van der Waals surface area contributed by atoms with E-state index in [1.54, 1.807) is 9.13 Å². The first kappa shape index (κ1) is 13.6. The Balaban J connectivity index is 2.03. The number of hydrogen-bond acceptors (Lipinski definition) is 4. The van der Waals surface area contributed by atoms with Crippen LogP contribution >= 0.6 is 0 Å². The standard InChI is InChI=1S/C15H18N4O2/c1-3-7-14-16-13(17-21-14)10-19-12-9-6-5-8-11(12)18(4-2)15(19)20/h5-6,8-9H,3-4,7,10H2,1-2H3. The minimum Gasteiger partial charge on any atom is -0.339 e. The van der Waals surface area contributed by atoms with E-state index in [0.717, 1.165) is 23.9 Å². The molecule has 6 heteroatoms. The number of aryl methyl sites for hydroxylation is 2. The second-order valence-electron chi connectivity index (χ2n) is 4.96. The molecule has 2 heterocycles. The highest BCUT2D eigenvalue weighted by Crippen LogP contribution is 2.13. The third-order valence-corrected chi connectivity index (χ3v) is 3.51. The third kappa shape index (κ3) is 2.37. The van der Waals surface area contributed by atoms with Crippen LogP contribution in [0, 0.1) is 0 Å². The Morgan fingerprint density at radius 1 is 1.14 bits per heavy atom. The van der Waals surface area contributed by atoms with Crippen LogP contribution in [0.3, 0.4) is 0 Å². The van der Waals surface area contributed by atoms with Gasteiger partial charge in [0.2, 0.25) is 5.89 Å². The predicted octanol–water partition coefficient (Wildman–Crippen LogP) is 2.21. The fourth-order valence-corrected chi connectivity index (χ4v) is 2.54. The molecule has 0 N–H and O–H groups in total. The second-order valence-corrected chi connectivity index (χ2v) is 4.96. The van der Waals surface area contributed by atoms with Crippen molar-refractivity contribution in [3.63, 3.8) is 0 Å². The summed E-state index contributed by atoms with van der Waals surface area (Å²) in [6.45, 7) is 4.99. The fourth-order valence-electron chi connectivity index (χ4n) is 2.54. The van der Waals surface area contributed by atoms with Crippen molar-refractivity contribution in [1.29, 1.82) is 0 Å². The zero-order valence-corrected chi connectivity index (χ0v) is 12.2. The summed E-state index contributed by atoms with van der Waals surface area (Å²) in [5.74, 6) is 1.17. The number of nitrogens with zero attached hydrogens (tertiary/aromatic N) is 4. The molecule has 0 unspecified atom stereocenters. The van der Waals surface area contributed by atoms with Gasteiger partial charge in [-0.25, -0.2) is 4.79 Å². The van der Waals surface area contributed by atoms with Crippen molar-refractivity contribution >= 4 is 11.0 Å². The molecule has 0 spiro atoms. The van der Waals surface area contributed by atoms with Crippen LogP contribution in [0.2, 0.25) is 0 Å². The van der Waals surface area contributed by atoms with Crippen molar-refractivity contribution in [3.05, 3.63) is 46.5 Å². The zero-order chi connectivity index (χ0) is 14.8. The van der Waals surface area contributed by atoms with E-state index in [0.29, 0.717) is 24.8 Å². The largest absolute Gasteiger partial charge is 0.339 e. The van der Waals surface area contributed by atoms with Crippen molar-refractivity contribution < 1.29 is 4.52 Å². The molecule has 0 aliphatic carbocycles. The molecule has 0 amide bonds. The molecule has 0 bridgehead atoms. The lowest BCUT2D eigenvalue weighted by Crippen LogP contribution is -2.24. The number of fused-ring (bicyclic) bond motifs is 1. The van der Waals surface area contributed by atoms with E-state index in [1.807, 2.05) is 31.2 Å². The zero-order valence-electron chi connectivity index (χ0n) is 12.2. The number of aromatic nitrogens is 4. The molecule has 0 atom stereocenters. The monoisotopic (exact) mass is 286 g/mol. The molecule has 6 nitrogen and oxygen atoms in total. The quantitative estimate of drug-likeness (QED) is 0.721. The van der Waals surface area contributed by atoms with Crippen LogP contribution in [0.25, 0.3) is 11.0 Å². The van der Waals surface area contributed by atoms with Crippen molar-refractivity contribution in [2.75, 3.05) is 0 Å². The minimum atomic E-state index is -0.0412. The van der Waals surface area contributed by atoms with Crippen molar-refractivity contribution in [2.24, 2.45) is 0 Å². The molecule has 3 aromatic rings. The lowest BCUT2D eigenvalue weighted by molar-refractivity contribution is 0.371. The van der Waals surface area contributed by atoms with Gasteiger partial charge in [-0.1, -0.05) is 24.2 Å². The number of hydrogen-bond donors (Lipinski definition) is 0. The van der Waals surface area contributed by atoms with Gasteiger partial charge in [0, 0.05) is 13.0 Å². The van der Waals surface area contributed by atoms with Gasteiger partial charge in [0.1, 0.15) is 0 Å². The highest BCUT2D eigenvalue weighted by atomic mass is 16.5. The van der Waals surface area contributed by atoms with E-state index in [9.17, 15) is 4.79 Å². The lowest BCUT2D eigenvalue weighted by Gasteiger charge is -1.97. The second kappa shape index (κ2) is 5.55. The summed E-state index contributed by atoms with van der Waals surface area (Å²) in [6, 6.07) is 7.76. The van der Waals surface area contributed by atoms with Crippen LogP contribution in [0.1, 0.15) is 32.0 Å². The van der Waals surface area contributed by atoms with E-state index in [-0.39, 0.29) is 5.69 Å². The highest BCUT2D eigenvalue weighted by molar-refractivity contribution is 5.76. The summed E-state index contributed by atoms with van der Waals surface area (Å²) < 4.78 is 8.63. The minimum absolute atomic E-state index is 0.0412. The summed E-state index contributed by atoms with van der Waals surface area (Å²) in [6.07, 6.45) is 1.72. The molecule has 3 rings (SSSR count). The van der Waals surface area contributed by atoms with Gasteiger partial charge in [0.15, 0.2) is 5.82 Å². The molecular weight excluding hydrogens is 268 g/mol. The average molecular weight is 286 g/mol. The SMILES string of the molecule is CCCc1nc(Cn2c(=O)n(CC)c3ccccc32)no1. The topological polar surface area (TPSA) is 65.8 Å². The van der Waals surface area contributed by atoms with Crippen LogP contribution < -0.4 is 5.69 Å². The first-order chi connectivity index (χ1) is 10.2. The van der Waals surface area contributed by atoms with Gasteiger partial charge in [-0.2, -0.15) is 4.98 Å². The number of imidazole rings is 1. The Morgan fingerprint density at radius 2 is 1.86 bits per heavy atom. The van der Waals surface area contributed by atoms with Gasteiger partial charge < -0.3 is 4.52 Å². The Kier molecular flexibility index (Phi) is 3.60. The molecule has 2 aromatic heterocycles. The van der Waals surface area contributed by atoms with E-state index >= 15 is 0 Å². The van der Waals surface area contributed by atoms with Crippen LogP contribution in [-0.4, -0.2) is 19.3 Å². The molecule has 0 saturated heterocycles. The first-order valence-corrected chi connectivity index (χ1v) is 7.24. The Hall–Kier alpha value is -2.37. The van der Waals surface area contributed by atoms with E-state index in [1.165, 1.54) is 0 Å². The molecule has 110 valence electrons. The molecule has 0 radical (unpaired) electrons. The maximum Gasteiger partial charge on any atom is 0.329 e. The van der Waals surface area contributed by atoms with Gasteiger partial charge in [0.05, 0.1) is 17.6 Å². The summed E-state index contributed by atoms with van der Waals surface area (Å²) >= 11 is 0. The number of para-hydroxylation sites is 2. The van der Waals surface area contributed by atoms with Crippen LogP contribution in [0.5, 0.6) is 0 Å². The van der Waals surface area contributed by atoms with E-state index in [4.69, 9.17) is 4.52 Å². The Morgan fingerprint density at radius 3 is 2.52 bits per heavy atom. The fraction of sp³-hybridized carbons (Fsp3) is 0.400. The van der Waals surface area contributed by atoms with Gasteiger partial charge >= 0.3 is 5.69 Å². The van der Waals surface area contributed by atoms with Crippen molar-refractivity contribution in [1.82, 2.24) is 19.3 Å². The lowest BCUT2D eigenvalue weighted by atomic mass is 10.3. The van der Waals surface area contributed by atoms with Crippen molar-refractivity contribution in [3.8, 4) is 0 Å². The smallest absolute Gasteiger partial charge is 0.329 e. The summed E-state index contributed by atoms with van der Waals surface area (Å²) in [5, 5.41) is 3.96. The van der Waals surface area contributed by atoms with Crippen molar-refractivity contribution in [2.45, 2.75) is 39.8 Å². The molecule has 21 heavy (non-hydrogen) atoms. The first-order valence-electron chi connectivity index (χ1n) is 7.24. The maximum absolute atomic E-state index is 12.5. The van der Waals surface area contributed by atoms with Crippen LogP contribution in [0.15, 0.2) is 33.6 Å². The molecule has 0 fully saturated rings. The number of benzene rings is 1. The number of rotatable bonds is 5. The third-order valence-electron chi connectivity index (χ3n) is 3.51. The van der Waals surface area contributed by atoms with Crippen LogP contribution in [-0.2, 0) is 19.5 Å². The molecule has 0 aliphatic rings. The highest BCUT2D eigenvalue weighted by Gasteiger charge is 2.14. The Labute approximate surface area is 122 Å². The molecule has 0 aliphatic heterocycles. The molecule has 1 aromatic carbocycles. The maximum atomic E-state index is 12.5. The summed E-state index contributed by atoms with van der Waals surface area (Å²) in [7, 11) is 0. The molecule has 0 saturated carbocycles. The van der Waals surface area contributed by atoms with Crippen LogP contribution in [0.4, 0.5) is 0 Å². The Bertz CT molecular complexity index is 813. The summed E-state index contributed by atoms with van der Waals surface area (Å²) in [5.41, 5.74) is 1.79. The van der Waals surface area contributed by atoms with E-state index < -0.39 is 0 Å². The van der Waals surface area contributed by atoms with Gasteiger partial charge in [-0.05, 0) is 25.5 Å². The van der Waals surface area contributed by atoms with Gasteiger partial charge in [0.25, 0.3) is 0 Å².